The Hall–Kier alpha value is -2.14. The van der Waals surface area contributed by atoms with Gasteiger partial charge < -0.3 is 15.4 Å². The number of ether oxygens (including phenoxy) is 1. The first-order chi connectivity index (χ1) is 10.6. The minimum Gasteiger partial charge on any atom is -0.496 e. The van der Waals surface area contributed by atoms with E-state index in [2.05, 4.69) is 23.6 Å². The van der Waals surface area contributed by atoms with Gasteiger partial charge in [0.15, 0.2) is 5.11 Å². The summed E-state index contributed by atoms with van der Waals surface area (Å²) in [7, 11) is 1.67. The molecule has 5 heteroatoms. The van der Waals surface area contributed by atoms with Crippen molar-refractivity contribution in [2.45, 2.75) is 13.3 Å². The number of hydrogen-bond acceptors (Lipinski definition) is 2. The quantitative estimate of drug-likeness (QED) is 0.824. The van der Waals surface area contributed by atoms with Crippen LogP contribution in [0.2, 0.25) is 0 Å². The van der Waals surface area contributed by atoms with Gasteiger partial charge >= 0.3 is 0 Å². The SMILES string of the molecule is COc1ccc(C)cc1CCNC(=S)Nc1ccc(F)cc1. The van der Waals surface area contributed by atoms with Gasteiger partial charge in [-0.2, -0.15) is 0 Å². The Kier molecular flexibility index (Phi) is 5.72. The Bertz CT molecular complexity index is 644. The number of benzene rings is 2. The molecule has 0 saturated heterocycles. The highest BCUT2D eigenvalue weighted by Crippen LogP contribution is 2.19. The monoisotopic (exact) mass is 318 g/mol. The molecule has 2 aromatic rings. The smallest absolute Gasteiger partial charge is 0.170 e. The highest BCUT2D eigenvalue weighted by atomic mass is 32.1. The molecule has 0 aromatic heterocycles. The Labute approximate surface area is 135 Å². The van der Waals surface area contributed by atoms with Crippen molar-refractivity contribution in [1.82, 2.24) is 5.32 Å². The number of thiocarbonyl (C=S) groups is 1. The summed E-state index contributed by atoms with van der Waals surface area (Å²) in [6.45, 7) is 2.74. The van der Waals surface area contributed by atoms with E-state index >= 15 is 0 Å². The molecule has 0 aliphatic carbocycles. The van der Waals surface area contributed by atoms with Crippen LogP contribution in [-0.2, 0) is 6.42 Å². The van der Waals surface area contributed by atoms with Crippen LogP contribution in [0.15, 0.2) is 42.5 Å². The van der Waals surface area contributed by atoms with Crippen molar-refractivity contribution in [3.05, 3.63) is 59.4 Å². The third-order valence-corrected chi connectivity index (χ3v) is 3.46. The van der Waals surface area contributed by atoms with E-state index in [0.29, 0.717) is 11.7 Å². The van der Waals surface area contributed by atoms with Gasteiger partial charge in [-0.15, -0.1) is 0 Å². The molecule has 22 heavy (non-hydrogen) atoms. The van der Waals surface area contributed by atoms with Crippen molar-refractivity contribution >= 4 is 23.0 Å². The van der Waals surface area contributed by atoms with E-state index < -0.39 is 0 Å². The molecule has 0 atom stereocenters. The van der Waals surface area contributed by atoms with Gasteiger partial charge in [0, 0.05) is 12.2 Å². The second-order valence-electron chi connectivity index (χ2n) is 4.95. The number of hydrogen-bond donors (Lipinski definition) is 2. The number of anilines is 1. The largest absolute Gasteiger partial charge is 0.496 e. The fourth-order valence-corrected chi connectivity index (χ4v) is 2.34. The van der Waals surface area contributed by atoms with E-state index in [1.165, 1.54) is 17.7 Å². The average molecular weight is 318 g/mol. The number of methoxy groups -OCH3 is 1. The topological polar surface area (TPSA) is 33.3 Å². The minimum atomic E-state index is -0.268. The first-order valence-electron chi connectivity index (χ1n) is 7.02. The van der Waals surface area contributed by atoms with Crippen molar-refractivity contribution in [2.75, 3.05) is 19.0 Å². The standard InChI is InChI=1S/C17H19FN2OS/c1-12-3-8-16(21-2)13(11-12)9-10-19-17(22)20-15-6-4-14(18)5-7-15/h3-8,11H,9-10H2,1-2H3,(H2,19,20,22). The van der Waals surface area contributed by atoms with E-state index in [4.69, 9.17) is 17.0 Å². The van der Waals surface area contributed by atoms with Gasteiger partial charge in [-0.3, -0.25) is 0 Å². The van der Waals surface area contributed by atoms with Crippen molar-refractivity contribution in [3.63, 3.8) is 0 Å². The van der Waals surface area contributed by atoms with Gasteiger partial charge in [0.1, 0.15) is 11.6 Å². The zero-order chi connectivity index (χ0) is 15.9. The molecular formula is C17H19FN2OS. The van der Waals surface area contributed by atoms with Crippen molar-refractivity contribution < 1.29 is 9.13 Å². The Balaban J connectivity index is 1.84. The third-order valence-electron chi connectivity index (χ3n) is 3.22. The normalized spacial score (nSPS) is 10.1. The Morgan fingerprint density at radius 2 is 1.91 bits per heavy atom. The third kappa shape index (κ3) is 4.70. The molecule has 116 valence electrons. The lowest BCUT2D eigenvalue weighted by Gasteiger charge is -2.12. The first kappa shape index (κ1) is 16.2. The van der Waals surface area contributed by atoms with Gasteiger partial charge in [-0.1, -0.05) is 17.7 Å². The molecule has 0 bridgehead atoms. The van der Waals surface area contributed by atoms with Gasteiger partial charge in [-0.25, -0.2) is 4.39 Å². The molecule has 0 radical (unpaired) electrons. The van der Waals surface area contributed by atoms with Crippen LogP contribution < -0.4 is 15.4 Å². The van der Waals surface area contributed by atoms with Crippen LogP contribution in [0.25, 0.3) is 0 Å². The van der Waals surface area contributed by atoms with Crippen molar-refractivity contribution in [1.29, 1.82) is 0 Å². The summed E-state index contributed by atoms with van der Waals surface area (Å²) >= 11 is 5.22. The fourth-order valence-electron chi connectivity index (χ4n) is 2.12. The molecule has 0 aliphatic heterocycles. The van der Waals surface area contributed by atoms with Crippen LogP contribution in [0, 0.1) is 12.7 Å². The predicted octanol–water partition coefficient (Wildman–Crippen LogP) is 3.67. The highest BCUT2D eigenvalue weighted by molar-refractivity contribution is 7.80. The van der Waals surface area contributed by atoms with E-state index in [9.17, 15) is 4.39 Å². The maximum atomic E-state index is 12.8. The zero-order valence-electron chi connectivity index (χ0n) is 12.7. The molecule has 0 unspecified atom stereocenters. The van der Waals surface area contributed by atoms with Crippen LogP contribution in [0.3, 0.4) is 0 Å². The lowest BCUT2D eigenvalue weighted by molar-refractivity contribution is 0.409. The van der Waals surface area contributed by atoms with Crippen LogP contribution >= 0.6 is 12.2 Å². The summed E-state index contributed by atoms with van der Waals surface area (Å²) in [5, 5.41) is 6.67. The number of rotatable bonds is 5. The number of halogens is 1. The van der Waals surface area contributed by atoms with Crippen molar-refractivity contribution in [2.24, 2.45) is 0 Å². The average Bonchev–Trinajstić information content (AvgIpc) is 2.50. The lowest BCUT2D eigenvalue weighted by atomic mass is 10.1. The van der Waals surface area contributed by atoms with Crippen LogP contribution in [0.4, 0.5) is 10.1 Å². The lowest BCUT2D eigenvalue weighted by Crippen LogP contribution is -2.30. The highest BCUT2D eigenvalue weighted by Gasteiger charge is 2.04. The van der Waals surface area contributed by atoms with Gasteiger partial charge in [0.2, 0.25) is 0 Å². The van der Waals surface area contributed by atoms with Crippen LogP contribution in [0.1, 0.15) is 11.1 Å². The summed E-state index contributed by atoms with van der Waals surface area (Å²) < 4.78 is 18.2. The maximum Gasteiger partial charge on any atom is 0.170 e. The minimum absolute atomic E-state index is 0.268. The fraction of sp³-hybridized carbons (Fsp3) is 0.235. The molecule has 0 spiro atoms. The van der Waals surface area contributed by atoms with Gasteiger partial charge in [-0.05, 0) is 61.5 Å². The summed E-state index contributed by atoms with van der Waals surface area (Å²) in [5.74, 6) is 0.612. The van der Waals surface area contributed by atoms with Crippen LogP contribution in [-0.4, -0.2) is 18.8 Å². The molecule has 2 aromatic carbocycles. The summed E-state index contributed by atoms with van der Waals surface area (Å²) in [4.78, 5) is 0. The first-order valence-corrected chi connectivity index (χ1v) is 7.43. The van der Waals surface area contributed by atoms with Crippen molar-refractivity contribution in [3.8, 4) is 5.75 Å². The zero-order valence-corrected chi connectivity index (χ0v) is 13.5. The van der Waals surface area contributed by atoms with Gasteiger partial charge in [0.25, 0.3) is 0 Å². The summed E-state index contributed by atoms with van der Waals surface area (Å²) in [6.07, 6.45) is 0.802. The molecule has 0 fully saturated rings. The van der Waals surface area contributed by atoms with E-state index in [-0.39, 0.29) is 5.82 Å². The molecule has 2 N–H and O–H groups in total. The maximum absolute atomic E-state index is 12.8. The Morgan fingerprint density at radius 1 is 1.18 bits per heavy atom. The van der Waals surface area contributed by atoms with Crippen LogP contribution in [0.5, 0.6) is 5.75 Å². The molecule has 0 amide bonds. The summed E-state index contributed by atoms with van der Waals surface area (Å²) in [5.41, 5.74) is 3.09. The molecule has 2 rings (SSSR count). The van der Waals surface area contributed by atoms with E-state index in [0.717, 1.165) is 23.4 Å². The number of nitrogens with one attached hydrogen (secondary N) is 2. The van der Waals surface area contributed by atoms with Gasteiger partial charge in [0.05, 0.1) is 7.11 Å². The van der Waals surface area contributed by atoms with E-state index in [1.54, 1.807) is 19.2 Å². The number of aryl methyl sites for hydroxylation is 1. The summed E-state index contributed by atoms with van der Waals surface area (Å²) in [6, 6.07) is 12.2. The second-order valence-corrected chi connectivity index (χ2v) is 5.36. The predicted molar refractivity (Wildman–Crippen MR) is 92.1 cm³/mol. The molecule has 0 saturated carbocycles. The molecule has 3 nitrogen and oxygen atoms in total. The Morgan fingerprint density at radius 3 is 2.59 bits per heavy atom. The molecule has 0 heterocycles. The van der Waals surface area contributed by atoms with E-state index in [1.807, 2.05) is 12.1 Å². The second kappa shape index (κ2) is 7.75. The molecular weight excluding hydrogens is 299 g/mol. The molecule has 0 aliphatic rings.